The summed E-state index contributed by atoms with van der Waals surface area (Å²) in [4.78, 5) is 17.5. The molecule has 118 valence electrons. The largest absolute Gasteiger partial charge is 0.477 e. The van der Waals surface area contributed by atoms with E-state index in [0.717, 1.165) is 11.3 Å². The molecule has 23 heavy (non-hydrogen) atoms. The van der Waals surface area contributed by atoms with Crippen molar-refractivity contribution in [2.75, 3.05) is 31.2 Å². The molecule has 2 heterocycles. The van der Waals surface area contributed by atoms with E-state index in [4.69, 9.17) is 22.9 Å². The molecule has 0 saturated carbocycles. The van der Waals surface area contributed by atoms with Crippen molar-refractivity contribution in [3.05, 3.63) is 45.6 Å². The average molecular weight is 349 g/mol. The number of morpholine rings is 1. The normalized spacial score (nSPS) is 14.5. The third-order valence-electron chi connectivity index (χ3n) is 3.60. The van der Waals surface area contributed by atoms with E-state index >= 15 is 0 Å². The third-order valence-corrected chi connectivity index (χ3v) is 5.08. The minimum absolute atomic E-state index is 0.180. The van der Waals surface area contributed by atoms with Crippen LogP contribution in [0.1, 0.15) is 9.67 Å². The van der Waals surface area contributed by atoms with Gasteiger partial charge in [-0.1, -0.05) is 23.7 Å². The van der Waals surface area contributed by atoms with E-state index in [2.05, 4.69) is 4.85 Å². The van der Waals surface area contributed by atoms with Gasteiger partial charge < -0.3 is 14.7 Å². The SMILES string of the molecule is [C-]#[N+]c1c(N2CCOCC2)sc(C(=O)O)c1-c1ccc(Cl)cc1. The number of anilines is 1. The highest BCUT2D eigenvalue weighted by molar-refractivity contribution is 7.19. The molecule has 7 heteroatoms. The van der Waals surface area contributed by atoms with Crippen molar-refractivity contribution >= 4 is 39.6 Å². The van der Waals surface area contributed by atoms with E-state index < -0.39 is 5.97 Å². The second kappa shape index (κ2) is 6.59. The van der Waals surface area contributed by atoms with Crippen molar-refractivity contribution in [3.8, 4) is 11.1 Å². The van der Waals surface area contributed by atoms with Crippen LogP contribution in [0.5, 0.6) is 0 Å². The van der Waals surface area contributed by atoms with Gasteiger partial charge >= 0.3 is 5.97 Å². The van der Waals surface area contributed by atoms with Gasteiger partial charge in [0.2, 0.25) is 5.69 Å². The molecule has 5 nitrogen and oxygen atoms in total. The number of hydrogen-bond donors (Lipinski definition) is 1. The summed E-state index contributed by atoms with van der Waals surface area (Å²) in [6.07, 6.45) is 0. The van der Waals surface area contributed by atoms with Crippen LogP contribution in [-0.2, 0) is 4.74 Å². The highest BCUT2D eigenvalue weighted by Crippen LogP contribution is 2.48. The number of halogens is 1. The molecule has 3 rings (SSSR count). The first kappa shape index (κ1) is 15.8. The molecule has 0 radical (unpaired) electrons. The Balaban J connectivity index is 2.16. The number of aromatic carboxylic acids is 1. The molecule has 0 unspecified atom stereocenters. The second-order valence-corrected chi connectivity index (χ2v) is 6.42. The van der Waals surface area contributed by atoms with Crippen molar-refractivity contribution in [2.45, 2.75) is 0 Å². The zero-order valence-corrected chi connectivity index (χ0v) is 13.7. The molecule has 1 aliphatic heterocycles. The summed E-state index contributed by atoms with van der Waals surface area (Å²) in [6.45, 7) is 10.0. The third kappa shape index (κ3) is 3.04. The maximum absolute atomic E-state index is 11.7. The van der Waals surface area contributed by atoms with E-state index in [1.807, 2.05) is 4.90 Å². The van der Waals surface area contributed by atoms with Crippen LogP contribution in [0, 0.1) is 6.57 Å². The highest BCUT2D eigenvalue weighted by Gasteiger charge is 2.27. The molecular formula is C16H13ClN2O3S. The number of carboxylic acid groups (broad SMARTS) is 1. The van der Waals surface area contributed by atoms with Gasteiger partial charge in [-0.2, -0.15) is 0 Å². The Morgan fingerprint density at radius 1 is 1.30 bits per heavy atom. The Morgan fingerprint density at radius 2 is 1.96 bits per heavy atom. The van der Waals surface area contributed by atoms with E-state index in [0.29, 0.717) is 53.1 Å². The quantitative estimate of drug-likeness (QED) is 0.846. The molecule has 0 aliphatic carbocycles. The van der Waals surface area contributed by atoms with Crippen LogP contribution >= 0.6 is 22.9 Å². The summed E-state index contributed by atoms with van der Waals surface area (Å²) in [7, 11) is 0. The average Bonchev–Trinajstić information content (AvgIpc) is 2.96. The second-order valence-electron chi connectivity index (χ2n) is 4.98. The number of carboxylic acids is 1. The van der Waals surface area contributed by atoms with Crippen LogP contribution in [0.15, 0.2) is 24.3 Å². The fourth-order valence-electron chi connectivity index (χ4n) is 2.53. The van der Waals surface area contributed by atoms with E-state index in [9.17, 15) is 9.90 Å². The standard InChI is InChI=1S/C16H13ClN2O3S/c1-18-13-12(10-2-4-11(17)5-3-10)14(16(20)21)23-15(13)19-6-8-22-9-7-19/h2-5H,6-9H2,(H,20,21). The minimum atomic E-state index is -1.02. The molecule has 1 N–H and O–H groups in total. The van der Waals surface area contributed by atoms with Gasteiger partial charge in [0.1, 0.15) is 4.88 Å². The van der Waals surface area contributed by atoms with E-state index in [1.165, 1.54) is 0 Å². The van der Waals surface area contributed by atoms with Crippen LogP contribution in [0.3, 0.4) is 0 Å². The predicted octanol–water partition coefficient (Wildman–Crippen LogP) is 4.15. The Kier molecular flexibility index (Phi) is 4.53. The monoisotopic (exact) mass is 348 g/mol. The van der Waals surface area contributed by atoms with Crippen molar-refractivity contribution in [1.29, 1.82) is 0 Å². The number of rotatable bonds is 3. The first-order valence-electron chi connectivity index (χ1n) is 6.98. The number of hydrogen-bond acceptors (Lipinski definition) is 4. The molecule has 1 fully saturated rings. The van der Waals surface area contributed by atoms with Crippen molar-refractivity contribution in [3.63, 3.8) is 0 Å². The lowest BCUT2D eigenvalue weighted by Crippen LogP contribution is -2.35. The molecule has 1 aromatic heterocycles. The van der Waals surface area contributed by atoms with Gasteiger partial charge in [-0.05, 0) is 17.7 Å². The molecule has 2 aromatic rings. The minimum Gasteiger partial charge on any atom is -0.477 e. The zero-order valence-electron chi connectivity index (χ0n) is 12.1. The topological polar surface area (TPSA) is 54.1 Å². The fraction of sp³-hybridized carbons (Fsp3) is 0.250. The van der Waals surface area contributed by atoms with Gasteiger partial charge in [0.25, 0.3) is 0 Å². The predicted molar refractivity (Wildman–Crippen MR) is 91.0 cm³/mol. The number of benzene rings is 1. The number of thiophene rings is 1. The zero-order chi connectivity index (χ0) is 16.4. The Labute approximate surface area is 142 Å². The molecule has 1 saturated heterocycles. The first-order chi connectivity index (χ1) is 11.1. The summed E-state index contributed by atoms with van der Waals surface area (Å²) < 4.78 is 5.33. The fourth-order valence-corrected chi connectivity index (χ4v) is 3.81. The Bertz CT molecular complexity index is 774. The number of nitrogens with zero attached hydrogens (tertiary/aromatic N) is 2. The smallest absolute Gasteiger partial charge is 0.345 e. The molecular weight excluding hydrogens is 336 g/mol. The molecule has 0 atom stereocenters. The molecule has 0 amide bonds. The van der Waals surface area contributed by atoms with Gasteiger partial charge in [-0.15, -0.1) is 11.3 Å². The molecule has 0 spiro atoms. The van der Waals surface area contributed by atoms with E-state index in [1.54, 1.807) is 24.3 Å². The van der Waals surface area contributed by atoms with Crippen molar-refractivity contribution < 1.29 is 14.6 Å². The Hall–Kier alpha value is -2.07. The summed E-state index contributed by atoms with van der Waals surface area (Å²) in [5.41, 5.74) is 1.54. The maximum atomic E-state index is 11.7. The van der Waals surface area contributed by atoms with Gasteiger partial charge in [-0.25, -0.2) is 9.64 Å². The lowest BCUT2D eigenvalue weighted by molar-refractivity contribution is 0.0703. The van der Waals surface area contributed by atoms with Crippen LogP contribution < -0.4 is 4.90 Å². The van der Waals surface area contributed by atoms with Crippen LogP contribution in [0.25, 0.3) is 16.0 Å². The van der Waals surface area contributed by atoms with Crippen LogP contribution in [-0.4, -0.2) is 37.4 Å². The molecule has 0 bridgehead atoms. The summed E-state index contributed by atoms with van der Waals surface area (Å²) in [5, 5.41) is 10.8. The number of carbonyl (C=O) groups is 1. The van der Waals surface area contributed by atoms with Crippen LogP contribution in [0.2, 0.25) is 5.02 Å². The maximum Gasteiger partial charge on any atom is 0.345 e. The van der Waals surface area contributed by atoms with Crippen LogP contribution in [0.4, 0.5) is 10.7 Å². The lowest BCUT2D eigenvalue weighted by Gasteiger charge is -2.28. The molecule has 1 aromatic carbocycles. The highest BCUT2D eigenvalue weighted by atomic mass is 35.5. The Morgan fingerprint density at radius 3 is 2.52 bits per heavy atom. The van der Waals surface area contributed by atoms with Crippen molar-refractivity contribution in [2.24, 2.45) is 0 Å². The molecule has 1 aliphatic rings. The van der Waals surface area contributed by atoms with Gasteiger partial charge in [0, 0.05) is 23.7 Å². The lowest BCUT2D eigenvalue weighted by atomic mass is 10.0. The summed E-state index contributed by atoms with van der Waals surface area (Å²) >= 11 is 7.05. The van der Waals surface area contributed by atoms with E-state index in [-0.39, 0.29) is 4.88 Å². The van der Waals surface area contributed by atoms with Gasteiger partial charge in [0.15, 0.2) is 0 Å². The van der Waals surface area contributed by atoms with Gasteiger partial charge in [-0.3, -0.25) is 0 Å². The first-order valence-corrected chi connectivity index (χ1v) is 8.17. The van der Waals surface area contributed by atoms with Gasteiger partial charge in [0.05, 0.1) is 24.8 Å². The number of ether oxygens (including phenoxy) is 1. The summed E-state index contributed by atoms with van der Waals surface area (Å²) in [6, 6.07) is 6.88. The summed E-state index contributed by atoms with van der Waals surface area (Å²) in [5.74, 6) is -1.02. The van der Waals surface area contributed by atoms with Crippen molar-refractivity contribution in [1.82, 2.24) is 0 Å².